The Hall–Kier alpha value is -1.09. The monoisotopic (exact) mass is 211 g/mol. The summed E-state index contributed by atoms with van der Waals surface area (Å²) in [6.07, 6.45) is 0.0979. The van der Waals surface area contributed by atoms with Gasteiger partial charge in [0.15, 0.2) is 0 Å². The third-order valence-corrected chi connectivity index (χ3v) is 2.49. The van der Waals surface area contributed by atoms with E-state index in [2.05, 4.69) is 13.8 Å². The van der Waals surface area contributed by atoms with Crippen LogP contribution in [0.3, 0.4) is 0 Å². The van der Waals surface area contributed by atoms with Gasteiger partial charge in [0, 0.05) is 12.1 Å². The maximum atomic E-state index is 12.9. The zero-order valence-corrected chi connectivity index (χ0v) is 9.46. The van der Waals surface area contributed by atoms with E-state index < -0.39 is 0 Å². The second-order valence-electron chi connectivity index (χ2n) is 4.02. The molecule has 0 aromatic heterocycles. The van der Waals surface area contributed by atoms with Crippen molar-refractivity contribution in [2.24, 2.45) is 11.7 Å². The molecule has 2 nitrogen and oxygen atoms in total. The zero-order chi connectivity index (χ0) is 11.4. The highest BCUT2D eigenvalue weighted by Gasteiger charge is 2.11. The Bertz CT molecular complexity index is 325. The normalized spacial score (nSPS) is 12.9. The van der Waals surface area contributed by atoms with Gasteiger partial charge in [-0.1, -0.05) is 13.8 Å². The van der Waals surface area contributed by atoms with Crippen molar-refractivity contribution < 1.29 is 9.13 Å². The van der Waals surface area contributed by atoms with Crippen molar-refractivity contribution in [3.05, 3.63) is 29.6 Å². The predicted octanol–water partition coefficient (Wildman–Crippen LogP) is 2.71. The van der Waals surface area contributed by atoms with Crippen LogP contribution in [-0.4, -0.2) is 6.10 Å². The van der Waals surface area contributed by atoms with Gasteiger partial charge in [-0.3, -0.25) is 0 Å². The quantitative estimate of drug-likeness (QED) is 0.831. The summed E-state index contributed by atoms with van der Waals surface area (Å²) in [4.78, 5) is 0. The summed E-state index contributed by atoms with van der Waals surface area (Å²) in [6, 6.07) is 4.44. The molecular weight excluding hydrogens is 193 g/mol. The molecule has 84 valence electrons. The van der Waals surface area contributed by atoms with E-state index in [4.69, 9.17) is 10.5 Å². The second-order valence-corrected chi connectivity index (χ2v) is 4.02. The van der Waals surface area contributed by atoms with Crippen molar-refractivity contribution in [3.8, 4) is 5.75 Å². The number of ether oxygens (including phenoxy) is 1. The average Bonchev–Trinajstić information content (AvgIpc) is 2.20. The van der Waals surface area contributed by atoms with Gasteiger partial charge in [0.25, 0.3) is 0 Å². The highest BCUT2D eigenvalue weighted by Crippen LogP contribution is 2.22. The molecular formula is C12H18FNO. The first kappa shape index (κ1) is 12.0. The maximum Gasteiger partial charge on any atom is 0.124 e. The second kappa shape index (κ2) is 5.12. The van der Waals surface area contributed by atoms with E-state index in [9.17, 15) is 4.39 Å². The summed E-state index contributed by atoms with van der Waals surface area (Å²) in [7, 11) is 0. The molecule has 1 rings (SSSR count). The van der Waals surface area contributed by atoms with Crippen LogP contribution in [0.25, 0.3) is 0 Å². The standard InChI is InChI=1S/C12H18FNO/c1-8(2)9(3)15-12-5-4-11(13)6-10(12)7-14/h4-6,8-9H,7,14H2,1-3H3. The Kier molecular flexibility index (Phi) is 4.09. The van der Waals surface area contributed by atoms with Crippen LogP contribution in [0.15, 0.2) is 18.2 Å². The molecule has 0 aliphatic carbocycles. The van der Waals surface area contributed by atoms with Crippen molar-refractivity contribution in [1.82, 2.24) is 0 Å². The lowest BCUT2D eigenvalue weighted by atomic mass is 10.1. The van der Waals surface area contributed by atoms with E-state index in [0.717, 1.165) is 0 Å². The number of hydrogen-bond acceptors (Lipinski definition) is 2. The summed E-state index contributed by atoms with van der Waals surface area (Å²) in [5, 5.41) is 0. The van der Waals surface area contributed by atoms with Crippen LogP contribution in [0.1, 0.15) is 26.3 Å². The molecule has 15 heavy (non-hydrogen) atoms. The molecule has 2 N–H and O–H groups in total. The lowest BCUT2D eigenvalue weighted by Gasteiger charge is -2.19. The van der Waals surface area contributed by atoms with Crippen LogP contribution < -0.4 is 10.5 Å². The summed E-state index contributed by atoms with van der Waals surface area (Å²) >= 11 is 0. The number of benzene rings is 1. The predicted molar refractivity (Wildman–Crippen MR) is 59.2 cm³/mol. The first-order valence-electron chi connectivity index (χ1n) is 5.19. The maximum absolute atomic E-state index is 12.9. The van der Waals surface area contributed by atoms with Crippen LogP contribution >= 0.6 is 0 Å². The zero-order valence-electron chi connectivity index (χ0n) is 9.46. The molecule has 0 bridgehead atoms. The minimum Gasteiger partial charge on any atom is -0.490 e. The van der Waals surface area contributed by atoms with Crippen LogP contribution in [0.2, 0.25) is 0 Å². The highest BCUT2D eigenvalue weighted by atomic mass is 19.1. The van der Waals surface area contributed by atoms with Crippen molar-refractivity contribution in [3.63, 3.8) is 0 Å². The van der Waals surface area contributed by atoms with E-state index in [1.165, 1.54) is 12.1 Å². The lowest BCUT2D eigenvalue weighted by Crippen LogP contribution is -2.19. The number of halogens is 1. The van der Waals surface area contributed by atoms with Crippen LogP contribution in [0.5, 0.6) is 5.75 Å². The van der Waals surface area contributed by atoms with Gasteiger partial charge in [-0.2, -0.15) is 0 Å². The first-order chi connectivity index (χ1) is 7.04. The van der Waals surface area contributed by atoms with E-state index in [-0.39, 0.29) is 18.5 Å². The Morgan fingerprint density at radius 2 is 2.00 bits per heavy atom. The fourth-order valence-electron chi connectivity index (χ4n) is 1.16. The molecule has 0 fully saturated rings. The Morgan fingerprint density at radius 1 is 1.33 bits per heavy atom. The van der Waals surface area contributed by atoms with Gasteiger partial charge >= 0.3 is 0 Å². The van der Waals surface area contributed by atoms with E-state index in [1.807, 2.05) is 6.92 Å². The topological polar surface area (TPSA) is 35.2 Å². The van der Waals surface area contributed by atoms with Crippen LogP contribution in [0, 0.1) is 11.7 Å². The Labute approximate surface area is 90.2 Å². The highest BCUT2D eigenvalue weighted by molar-refractivity contribution is 5.33. The molecule has 0 radical (unpaired) electrons. The number of rotatable bonds is 4. The van der Waals surface area contributed by atoms with Gasteiger partial charge in [-0.05, 0) is 31.0 Å². The van der Waals surface area contributed by atoms with Gasteiger partial charge in [0.05, 0.1) is 6.10 Å². The molecule has 1 atom stereocenters. The molecule has 1 aromatic rings. The summed E-state index contributed by atoms with van der Waals surface area (Å²) < 4.78 is 18.6. The van der Waals surface area contributed by atoms with Crippen molar-refractivity contribution >= 4 is 0 Å². The third-order valence-electron chi connectivity index (χ3n) is 2.49. The van der Waals surface area contributed by atoms with Gasteiger partial charge in [-0.15, -0.1) is 0 Å². The SMILES string of the molecule is CC(C)C(C)Oc1ccc(F)cc1CN. The Morgan fingerprint density at radius 3 is 2.53 bits per heavy atom. The number of hydrogen-bond donors (Lipinski definition) is 1. The first-order valence-corrected chi connectivity index (χ1v) is 5.19. The fraction of sp³-hybridized carbons (Fsp3) is 0.500. The summed E-state index contributed by atoms with van der Waals surface area (Å²) in [6.45, 7) is 6.44. The van der Waals surface area contributed by atoms with E-state index >= 15 is 0 Å². The summed E-state index contributed by atoms with van der Waals surface area (Å²) in [5.74, 6) is 0.820. The van der Waals surface area contributed by atoms with Crippen molar-refractivity contribution in [2.75, 3.05) is 0 Å². The average molecular weight is 211 g/mol. The molecule has 0 saturated heterocycles. The van der Waals surface area contributed by atoms with E-state index in [1.54, 1.807) is 6.07 Å². The molecule has 0 heterocycles. The fourth-order valence-corrected chi connectivity index (χ4v) is 1.16. The molecule has 0 saturated carbocycles. The van der Waals surface area contributed by atoms with Crippen LogP contribution in [0.4, 0.5) is 4.39 Å². The van der Waals surface area contributed by atoms with Crippen LogP contribution in [-0.2, 0) is 6.54 Å². The van der Waals surface area contributed by atoms with Gasteiger partial charge in [0.2, 0.25) is 0 Å². The molecule has 0 aliphatic rings. The van der Waals surface area contributed by atoms with E-state index in [0.29, 0.717) is 17.2 Å². The summed E-state index contributed by atoms with van der Waals surface area (Å²) in [5.41, 5.74) is 6.24. The molecule has 0 amide bonds. The van der Waals surface area contributed by atoms with Gasteiger partial charge < -0.3 is 10.5 Å². The van der Waals surface area contributed by atoms with Gasteiger partial charge in [-0.25, -0.2) is 4.39 Å². The molecule has 0 aliphatic heterocycles. The van der Waals surface area contributed by atoms with Gasteiger partial charge in [0.1, 0.15) is 11.6 Å². The van der Waals surface area contributed by atoms with Crippen molar-refractivity contribution in [1.29, 1.82) is 0 Å². The largest absolute Gasteiger partial charge is 0.490 e. The lowest BCUT2D eigenvalue weighted by molar-refractivity contribution is 0.168. The molecule has 0 spiro atoms. The van der Waals surface area contributed by atoms with Crippen molar-refractivity contribution in [2.45, 2.75) is 33.4 Å². The molecule has 1 aromatic carbocycles. The molecule has 1 unspecified atom stereocenters. The minimum absolute atomic E-state index is 0.0979. The third kappa shape index (κ3) is 3.20. The smallest absolute Gasteiger partial charge is 0.124 e. The molecule has 3 heteroatoms. The Balaban J connectivity index is 2.84. The minimum atomic E-state index is -0.278. The number of nitrogens with two attached hydrogens (primary N) is 1.